The molecule has 4 nitrogen and oxygen atoms in total. The smallest absolute Gasteiger partial charge is 0.332 e. The average Bonchev–Trinajstić information content (AvgIpc) is 2.17. The summed E-state index contributed by atoms with van der Waals surface area (Å²) >= 11 is 0. The summed E-state index contributed by atoms with van der Waals surface area (Å²) in [7, 11) is 0. The van der Waals surface area contributed by atoms with Gasteiger partial charge in [0.25, 0.3) is 0 Å². The van der Waals surface area contributed by atoms with Crippen molar-refractivity contribution in [1.82, 2.24) is 5.43 Å². The molecular weight excluding hydrogens is 178 g/mol. The second kappa shape index (κ2) is 5.42. The summed E-state index contributed by atoms with van der Waals surface area (Å²) in [6.45, 7) is 1.99. The van der Waals surface area contributed by atoms with Gasteiger partial charge in [-0.2, -0.15) is 5.10 Å². The Morgan fingerprint density at radius 3 is 3.07 bits per heavy atom. The lowest BCUT2D eigenvalue weighted by molar-refractivity contribution is 0.249. The van der Waals surface area contributed by atoms with Crippen LogP contribution in [0.4, 0.5) is 4.79 Å². The van der Waals surface area contributed by atoms with Crippen LogP contribution in [0.15, 0.2) is 17.3 Å². The molecule has 0 aromatic rings. The van der Waals surface area contributed by atoms with E-state index >= 15 is 0 Å². The Bertz CT molecular complexity index is 258. The molecule has 0 aromatic heterocycles. The summed E-state index contributed by atoms with van der Waals surface area (Å²) in [5, 5.41) is 4.02. The zero-order valence-corrected chi connectivity index (χ0v) is 8.49. The molecule has 1 rings (SSSR count). The van der Waals surface area contributed by atoms with Gasteiger partial charge in [-0.15, -0.1) is 0 Å². The third kappa shape index (κ3) is 3.20. The average molecular weight is 195 g/mol. The Labute approximate surface area is 84.2 Å². The fourth-order valence-corrected chi connectivity index (χ4v) is 1.73. The van der Waals surface area contributed by atoms with Gasteiger partial charge in [0.15, 0.2) is 0 Å². The Morgan fingerprint density at radius 2 is 2.43 bits per heavy atom. The number of urea groups is 1. The number of carbonyl (C=O) groups excluding carboxylic acids is 1. The molecule has 0 saturated heterocycles. The molecule has 3 N–H and O–H groups in total. The molecule has 14 heavy (non-hydrogen) atoms. The predicted octanol–water partition coefficient (Wildman–Crippen LogP) is 1.78. The molecule has 1 fully saturated rings. The summed E-state index contributed by atoms with van der Waals surface area (Å²) in [5.74, 6) is 0.376. The van der Waals surface area contributed by atoms with E-state index in [1.54, 1.807) is 0 Å². The third-order valence-corrected chi connectivity index (χ3v) is 2.36. The van der Waals surface area contributed by atoms with Crippen LogP contribution < -0.4 is 11.2 Å². The number of hydrogen-bond acceptors (Lipinski definition) is 2. The number of amides is 2. The van der Waals surface area contributed by atoms with E-state index < -0.39 is 6.03 Å². The van der Waals surface area contributed by atoms with Crippen molar-refractivity contribution in [3.63, 3.8) is 0 Å². The highest BCUT2D eigenvalue weighted by Crippen LogP contribution is 2.22. The molecule has 78 valence electrons. The number of hydrogen-bond donors (Lipinski definition) is 2. The number of nitrogens with one attached hydrogen (secondary N) is 1. The highest BCUT2D eigenvalue weighted by molar-refractivity contribution is 5.89. The van der Waals surface area contributed by atoms with Crippen molar-refractivity contribution in [2.45, 2.75) is 32.6 Å². The summed E-state index contributed by atoms with van der Waals surface area (Å²) in [5.41, 5.74) is 8.29. The van der Waals surface area contributed by atoms with Crippen molar-refractivity contribution in [1.29, 1.82) is 0 Å². The molecule has 0 spiro atoms. The SMILES string of the molecule is C/C=C/C1CCCC/C1=N/NC(N)=O. The molecule has 0 aliphatic heterocycles. The second-order valence-electron chi connectivity index (χ2n) is 3.46. The number of nitrogens with two attached hydrogens (primary N) is 1. The minimum Gasteiger partial charge on any atom is -0.350 e. The molecule has 0 aromatic carbocycles. The molecule has 1 atom stereocenters. The molecule has 2 amide bonds. The highest BCUT2D eigenvalue weighted by atomic mass is 16.2. The molecule has 1 aliphatic rings. The summed E-state index contributed by atoms with van der Waals surface area (Å²) in [4.78, 5) is 10.5. The molecule has 1 unspecified atom stereocenters. The fourth-order valence-electron chi connectivity index (χ4n) is 1.73. The van der Waals surface area contributed by atoms with Gasteiger partial charge in [0.2, 0.25) is 0 Å². The lowest BCUT2D eigenvalue weighted by Crippen LogP contribution is -2.28. The summed E-state index contributed by atoms with van der Waals surface area (Å²) in [6.07, 6.45) is 8.59. The van der Waals surface area contributed by atoms with Crippen molar-refractivity contribution in [3.05, 3.63) is 12.2 Å². The summed E-state index contributed by atoms with van der Waals surface area (Å²) < 4.78 is 0. The zero-order chi connectivity index (χ0) is 10.4. The number of primary amides is 1. The Morgan fingerprint density at radius 1 is 1.64 bits per heavy atom. The van der Waals surface area contributed by atoms with E-state index in [1.165, 1.54) is 6.42 Å². The molecule has 1 saturated carbocycles. The van der Waals surface area contributed by atoms with Crippen LogP contribution in [0.5, 0.6) is 0 Å². The van der Waals surface area contributed by atoms with E-state index in [0.717, 1.165) is 25.0 Å². The molecule has 1 aliphatic carbocycles. The van der Waals surface area contributed by atoms with Crippen molar-refractivity contribution < 1.29 is 4.79 Å². The lowest BCUT2D eigenvalue weighted by Gasteiger charge is -2.20. The molecule has 4 heteroatoms. The van der Waals surface area contributed by atoms with E-state index in [9.17, 15) is 4.79 Å². The fraction of sp³-hybridized carbons (Fsp3) is 0.600. The van der Waals surface area contributed by atoms with Gasteiger partial charge in [-0.05, 0) is 26.2 Å². The maximum atomic E-state index is 10.5. The number of nitrogens with zero attached hydrogens (tertiary/aromatic N) is 1. The van der Waals surface area contributed by atoms with E-state index in [1.807, 2.05) is 13.0 Å². The monoisotopic (exact) mass is 195 g/mol. The predicted molar refractivity (Wildman–Crippen MR) is 56.9 cm³/mol. The van der Waals surface area contributed by atoms with Crippen LogP contribution in [0.2, 0.25) is 0 Å². The first-order chi connectivity index (χ1) is 6.74. The van der Waals surface area contributed by atoms with Crippen LogP contribution in [-0.4, -0.2) is 11.7 Å². The van der Waals surface area contributed by atoms with Gasteiger partial charge in [-0.3, -0.25) is 0 Å². The first-order valence-corrected chi connectivity index (χ1v) is 4.98. The molecule has 0 bridgehead atoms. The second-order valence-corrected chi connectivity index (χ2v) is 3.46. The van der Waals surface area contributed by atoms with Gasteiger partial charge in [0.05, 0.1) is 0 Å². The molecule has 0 radical (unpaired) electrons. The van der Waals surface area contributed by atoms with Crippen LogP contribution in [0.1, 0.15) is 32.6 Å². The van der Waals surface area contributed by atoms with Gasteiger partial charge in [0.1, 0.15) is 0 Å². The van der Waals surface area contributed by atoms with Gasteiger partial charge in [-0.25, -0.2) is 10.2 Å². The van der Waals surface area contributed by atoms with Crippen LogP contribution in [0.3, 0.4) is 0 Å². The van der Waals surface area contributed by atoms with Crippen molar-refractivity contribution in [2.24, 2.45) is 16.8 Å². The number of carbonyl (C=O) groups is 1. The first-order valence-electron chi connectivity index (χ1n) is 4.98. The van der Waals surface area contributed by atoms with Crippen molar-refractivity contribution in [3.8, 4) is 0 Å². The van der Waals surface area contributed by atoms with E-state index in [-0.39, 0.29) is 0 Å². The minimum atomic E-state index is -0.595. The Balaban J connectivity index is 2.61. The van der Waals surface area contributed by atoms with Gasteiger partial charge in [-0.1, -0.05) is 18.6 Å². The van der Waals surface area contributed by atoms with E-state index in [4.69, 9.17) is 5.73 Å². The molecule has 0 heterocycles. The van der Waals surface area contributed by atoms with Gasteiger partial charge < -0.3 is 5.73 Å². The largest absolute Gasteiger partial charge is 0.350 e. The van der Waals surface area contributed by atoms with Crippen LogP contribution in [-0.2, 0) is 0 Å². The third-order valence-electron chi connectivity index (χ3n) is 2.36. The normalized spacial score (nSPS) is 25.5. The molecular formula is C10H17N3O. The van der Waals surface area contributed by atoms with Crippen molar-refractivity contribution >= 4 is 11.7 Å². The maximum Gasteiger partial charge on any atom is 0.332 e. The topological polar surface area (TPSA) is 67.5 Å². The maximum absolute atomic E-state index is 10.5. The lowest BCUT2D eigenvalue weighted by atomic mass is 9.87. The summed E-state index contributed by atoms with van der Waals surface area (Å²) in [6, 6.07) is -0.595. The van der Waals surface area contributed by atoms with Crippen molar-refractivity contribution in [2.75, 3.05) is 0 Å². The van der Waals surface area contributed by atoms with E-state index in [0.29, 0.717) is 5.92 Å². The van der Waals surface area contributed by atoms with Crippen LogP contribution in [0, 0.1) is 5.92 Å². The standard InChI is InChI=1S/C10H17N3O/c1-2-5-8-6-3-4-7-9(8)12-13-10(11)14/h2,5,8H,3-4,6-7H2,1H3,(H3,11,13,14)/b5-2+,12-9-. The Kier molecular flexibility index (Phi) is 4.16. The van der Waals surface area contributed by atoms with Crippen LogP contribution in [0.25, 0.3) is 0 Å². The number of rotatable bonds is 2. The van der Waals surface area contributed by atoms with Crippen LogP contribution >= 0.6 is 0 Å². The van der Waals surface area contributed by atoms with Gasteiger partial charge in [0, 0.05) is 11.6 Å². The van der Waals surface area contributed by atoms with E-state index in [2.05, 4.69) is 16.6 Å². The number of hydrazone groups is 1. The minimum absolute atomic E-state index is 0.376. The van der Waals surface area contributed by atoms with Gasteiger partial charge >= 0.3 is 6.03 Å². The Hall–Kier alpha value is -1.32. The quantitative estimate of drug-likeness (QED) is 0.512. The first kappa shape index (κ1) is 10.8. The highest BCUT2D eigenvalue weighted by Gasteiger charge is 2.17. The zero-order valence-electron chi connectivity index (χ0n) is 8.49. The number of allylic oxidation sites excluding steroid dienone is 2.